The van der Waals surface area contributed by atoms with Gasteiger partial charge in [-0.3, -0.25) is 10.1 Å². The summed E-state index contributed by atoms with van der Waals surface area (Å²) in [4.78, 5) is 10.3. The number of hydrogen-bond donors (Lipinski definition) is 1. The molecule has 1 fully saturated rings. The smallest absolute Gasteiger partial charge is 0.269 e. The van der Waals surface area contributed by atoms with Gasteiger partial charge < -0.3 is 10.1 Å². The van der Waals surface area contributed by atoms with Gasteiger partial charge >= 0.3 is 0 Å². The Morgan fingerprint density at radius 1 is 1.13 bits per heavy atom. The minimum Gasteiger partial charge on any atom is -0.385 e. The number of non-ortho nitro benzene ring substituents is 1. The summed E-state index contributed by atoms with van der Waals surface area (Å²) in [6, 6.07) is 16.8. The Labute approximate surface area is 135 Å². The summed E-state index contributed by atoms with van der Waals surface area (Å²) in [5, 5.41) is 14.1. The van der Waals surface area contributed by atoms with Crippen LogP contribution in [0.4, 0.5) is 11.4 Å². The lowest BCUT2D eigenvalue weighted by molar-refractivity contribution is -0.384. The van der Waals surface area contributed by atoms with Crippen molar-refractivity contribution in [2.24, 2.45) is 5.92 Å². The van der Waals surface area contributed by atoms with Crippen LogP contribution in [-0.2, 0) is 4.74 Å². The third kappa shape index (κ3) is 3.87. The van der Waals surface area contributed by atoms with Crippen LogP contribution in [0, 0.1) is 16.0 Å². The fraction of sp³-hybridized carbons (Fsp3) is 0.333. The van der Waals surface area contributed by atoms with E-state index < -0.39 is 0 Å². The van der Waals surface area contributed by atoms with Crippen LogP contribution in [0.1, 0.15) is 24.5 Å². The van der Waals surface area contributed by atoms with Gasteiger partial charge in [0.1, 0.15) is 0 Å². The molecule has 1 saturated heterocycles. The predicted octanol–water partition coefficient (Wildman–Crippen LogP) is 4.17. The largest absolute Gasteiger partial charge is 0.385 e. The van der Waals surface area contributed by atoms with Crippen molar-refractivity contribution in [2.45, 2.75) is 18.9 Å². The average Bonchev–Trinajstić information content (AvgIpc) is 2.61. The summed E-state index contributed by atoms with van der Waals surface area (Å²) in [5.74, 6) is 0.390. The van der Waals surface area contributed by atoms with Crippen LogP contribution in [0.5, 0.6) is 0 Å². The molecule has 1 heterocycles. The third-order valence-electron chi connectivity index (χ3n) is 4.22. The number of hydrogen-bond acceptors (Lipinski definition) is 4. The molecule has 0 aromatic heterocycles. The summed E-state index contributed by atoms with van der Waals surface area (Å²) in [6.07, 6.45) is 2.28. The first kappa shape index (κ1) is 15.5. The van der Waals surface area contributed by atoms with Gasteiger partial charge in [0.25, 0.3) is 5.69 Å². The highest BCUT2D eigenvalue weighted by Crippen LogP contribution is 2.33. The summed E-state index contributed by atoms with van der Waals surface area (Å²) in [6.45, 7) is 1.59. The number of nitro groups is 1. The maximum Gasteiger partial charge on any atom is 0.269 e. The van der Waals surface area contributed by atoms with Crippen LogP contribution < -0.4 is 5.32 Å². The van der Waals surface area contributed by atoms with E-state index in [2.05, 4.69) is 17.4 Å². The van der Waals surface area contributed by atoms with Gasteiger partial charge in [0.05, 0.1) is 11.0 Å². The lowest BCUT2D eigenvalue weighted by atomic mass is 9.89. The van der Waals surface area contributed by atoms with Crippen molar-refractivity contribution < 1.29 is 9.66 Å². The molecule has 0 saturated carbocycles. The van der Waals surface area contributed by atoms with Crippen molar-refractivity contribution >= 4 is 11.4 Å². The molecule has 2 aromatic carbocycles. The van der Waals surface area contributed by atoms with Gasteiger partial charge in [0.15, 0.2) is 0 Å². The van der Waals surface area contributed by atoms with Gasteiger partial charge in [-0.15, -0.1) is 0 Å². The summed E-state index contributed by atoms with van der Waals surface area (Å²) < 4.78 is 5.99. The van der Waals surface area contributed by atoms with Gasteiger partial charge in [0.2, 0.25) is 0 Å². The molecule has 1 aliphatic rings. The first-order valence-electron chi connectivity index (χ1n) is 7.89. The number of nitrogens with zero attached hydrogens (tertiary/aromatic N) is 1. The normalized spacial score (nSPS) is 20.9. The van der Waals surface area contributed by atoms with Crippen molar-refractivity contribution in [1.29, 1.82) is 0 Å². The summed E-state index contributed by atoms with van der Waals surface area (Å²) in [7, 11) is 0. The highest BCUT2D eigenvalue weighted by molar-refractivity contribution is 5.48. The highest BCUT2D eigenvalue weighted by Gasteiger charge is 2.27. The van der Waals surface area contributed by atoms with Gasteiger partial charge in [-0.25, -0.2) is 0 Å². The Kier molecular flexibility index (Phi) is 4.88. The molecule has 5 nitrogen and oxygen atoms in total. The molecule has 2 atom stereocenters. The fourth-order valence-electron chi connectivity index (χ4n) is 3.01. The Balaban J connectivity index is 1.64. The van der Waals surface area contributed by atoms with Crippen molar-refractivity contribution in [2.75, 3.05) is 18.5 Å². The van der Waals surface area contributed by atoms with E-state index in [0.717, 1.165) is 31.7 Å². The van der Waals surface area contributed by atoms with E-state index in [-0.39, 0.29) is 16.7 Å². The maximum atomic E-state index is 10.7. The number of nitrogens with one attached hydrogen (secondary N) is 1. The maximum absolute atomic E-state index is 10.7. The number of anilines is 1. The number of ether oxygens (including phenoxy) is 1. The Morgan fingerprint density at radius 2 is 1.87 bits per heavy atom. The topological polar surface area (TPSA) is 64.4 Å². The lowest BCUT2D eigenvalue weighted by Gasteiger charge is -2.32. The zero-order valence-corrected chi connectivity index (χ0v) is 12.9. The van der Waals surface area contributed by atoms with Crippen LogP contribution in [0.3, 0.4) is 0 Å². The zero-order chi connectivity index (χ0) is 16.1. The van der Waals surface area contributed by atoms with Crippen molar-refractivity contribution in [3.05, 3.63) is 70.3 Å². The molecular formula is C18H20N2O3. The molecule has 2 aromatic rings. The van der Waals surface area contributed by atoms with Crippen LogP contribution >= 0.6 is 0 Å². The number of rotatable bonds is 5. The fourth-order valence-corrected chi connectivity index (χ4v) is 3.01. The molecule has 0 amide bonds. The molecule has 3 rings (SSSR count). The molecule has 5 heteroatoms. The summed E-state index contributed by atoms with van der Waals surface area (Å²) >= 11 is 0. The van der Waals surface area contributed by atoms with E-state index in [1.807, 2.05) is 18.2 Å². The van der Waals surface area contributed by atoms with E-state index in [4.69, 9.17) is 4.74 Å². The first-order chi connectivity index (χ1) is 11.2. The van der Waals surface area contributed by atoms with E-state index in [9.17, 15) is 10.1 Å². The van der Waals surface area contributed by atoms with Crippen molar-refractivity contribution in [3.63, 3.8) is 0 Å². The quantitative estimate of drug-likeness (QED) is 0.664. The molecule has 1 N–H and O–H groups in total. The van der Waals surface area contributed by atoms with Crippen LogP contribution in [-0.4, -0.2) is 18.1 Å². The average molecular weight is 312 g/mol. The second-order valence-electron chi connectivity index (χ2n) is 5.79. The van der Waals surface area contributed by atoms with Gasteiger partial charge in [-0.1, -0.05) is 30.3 Å². The number of benzene rings is 2. The summed E-state index contributed by atoms with van der Waals surface area (Å²) in [5.41, 5.74) is 2.22. The third-order valence-corrected chi connectivity index (χ3v) is 4.22. The Hall–Kier alpha value is -2.40. The molecule has 2 unspecified atom stereocenters. The lowest BCUT2D eigenvalue weighted by Crippen LogP contribution is -2.28. The minimum atomic E-state index is -0.385. The zero-order valence-electron chi connectivity index (χ0n) is 12.9. The number of nitro benzene ring substituents is 1. The van der Waals surface area contributed by atoms with E-state index in [1.54, 1.807) is 12.1 Å². The van der Waals surface area contributed by atoms with Crippen LogP contribution in [0.2, 0.25) is 0 Å². The molecule has 0 bridgehead atoms. The molecule has 0 aliphatic carbocycles. The molecule has 0 spiro atoms. The molecule has 0 radical (unpaired) electrons. The highest BCUT2D eigenvalue weighted by atomic mass is 16.6. The second kappa shape index (κ2) is 7.24. The SMILES string of the molecule is O=[N+]([O-])c1ccc(NCC2CCCOC2c2ccccc2)cc1. The van der Waals surface area contributed by atoms with E-state index in [1.165, 1.54) is 17.7 Å². The molecular weight excluding hydrogens is 292 g/mol. The van der Waals surface area contributed by atoms with Crippen LogP contribution in [0.25, 0.3) is 0 Å². The standard InChI is InChI=1S/C18H20N2O3/c21-20(22)17-10-8-16(9-11-17)19-13-15-7-4-12-23-18(15)14-5-2-1-3-6-14/h1-3,5-6,8-11,15,18-19H,4,7,12-13H2. The van der Waals surface area contributed by atoms with Gasteiger partial charge in [-0.05, 0) is 30.5 Å². The van der Waals surface area contributed by atoms with E-state index in [0.29, 0.717) is 5.92 Å². The molecule has 23 heavy (non-hydrogen) atoms. The Bertz CT molecular complexity index is 643. The van der Waals surface area contributed by atoms with Crippen LogP contribution in [0.15, 0.2) is 54.6 Å². The first-order valence-corrected chi connectivity index (χ1v) is 7.89. The second-order valence-corrected chi connectivity index (χ2v) is 5.79. The molecule has 1 aliphatic heterocycles. The monoisotopic (exact) mass is 312 g/mol. The molecule has 120 valence electrons. The minimum absolute atomic E-state index is 0.107. The predicted molar refractivity (Wildman–Crippen MR) is 89.4 cm³/mol. The van der Waals surface area contributed by atoms with Gasteiger partial charge in [-0.2, -0.15) is 0 Å². The van der Waals surface area contributed by atoms with Gasteiger partial charge in [0, 0.05) is 36.9 Å². The van der Waals surface area contributed by atoms with Crippen molar-refractivity contribution in [3.8, 4) is 0 Å². The van der Waals surface area contributed by atoms with E-state index >= 15 is 0 Å². The Morgan fingerprint density at radius 3 is 2.57 bits per heavy atom. The van der Waals surface area contributed by atoms with Crippen molar-refractivity contribution in [1.82, 2.24) is 0 Å².